The second kappa shape index (κ2) is 5.29. The minimum Gasteiger partial charge on any atom is -0.311 e. The van der Waals surface area contributed by atoms with E-state index >= 15 is 0 Å². The Labute approximate surface area is 102 Å². The molecule has 0 fully saturated rings. The minimum absolute atomic E-state index is 0.117. The predicted octanol–water partition coefficient (Wildman–Crippen LogP) is 2.32. The van der Waals surface area contributed by atoms with Gasteiger partial charge in [-0.3, -0.25) is 0 Å². The molecule has 0 aliphatic carbocycles. The maximum atomic E-state index is 13.5. The van der Waals surface area contributed by atoms with Crippen molar-refractivity contribution in [1.29, 1.82) is 0 Å². The average Bonchev–Trinajstić information content (AvgIpc) is 2.81. The lowest BCUT2D eigenvalue weighted by atomic mass is 10.0. The van der Waals surface area contributed by atoms with Crippen LogP contribution in [0.5, 0.6) is 0 Å². The highest BCUT2D eigenvalue weighted by Crippen LogP contribution is 2.19. The molecule has 2 aromatic rings. The summed E-state index contributed by atoms with van der Waals surface area (Å²) in [5, 5.41) is 8.79. The van der Waals surface area contributed by atoms with Crippen molar-refractivity contribution in [2.24, 2.45) is 0 Å². The monoisotopic (exact) mass is 255 g/mol. The molecule has 0 amide bonds. The molecule has 0 aliphatic heterocycles. The topological polar surface area (TPSA) is 37.8 Å². The van der Waals surface area contributed by atoms with Gasteiger partial charge in [0.15, 0.2) is 0 Å². The zero-order valence-electron chi connectivity index (χ0n) is 9.15. The molecule has 17 heavy (non-hydrogen) atoms. The molecule has 0 radical (unpaired) electrons. The molecule has 1 unspecified atom stereocenters. The zero-order valence-corrected chi connectivity index (χ0v) is 9.97. The second-order valence-corrected chi connectivity index (χ2v) is 4.22. The largest absolute Gasteiger partial charge is 0.311 e. The first-order chi connectivity index (χ1) is 8.20. The highest BCUT2D eigenvalue weighted by atomic mass is 32.1. The molecule has 3 nitrogen and oxygen atoms in total. The molecular formula is C11H11F2N3S. The number of rotatable bonds is 4. The maximum absolute atomic E-state index is 13.5. The summed E-state index contributed by atoms with van der Waals surface area (Å²) in [6, 6.07) is 3.48. The van der Waals surface area contributed by atoms with E-state index in [0.717, 1.165) is 11.8 Å². The third kappa shape index (κ3) is 2.83. The molecule has 1 N–H and O–H groups in total. The lowest BCUT2D eigenvalue weighted by Gasteiger charge is -2.13. The number of hydrogen-bond acceptors (Lipinski definition) is 4. The molecule has 2 rings (SSSR count). The van der Waals surface area contributed by atoms with Crippen molar-refractivity contribution in [3.8, 4) is 0 Å². The smallest absolute Gasteiger partial charge is 0.129 e. The van der Waals surface area contributed by atoms with Gasteiger partial charge in [0, 0.05) is 11.4 Å². The lowest BCUT2D eigenvalue weighted by Crippen LogP contribution is -2.19. The van der Waals surface area contributed by atoms with Crippen LogP contribution in [0.2, 0.25) is 0 Å². The van der Waals surface area contributed by atoms with Gasteiger partial charge in [0.05, 0.1) is 11.7 Å². The summed E-state index contributed by atoms with van der Waals surface area (Å²) in [7, 11) is 1.77. The molecule has 0 saturated carbocycles. The highest BCUT2D eigenvalue weighted by molar-refractivity contribution is 7.03. The van der Waals surface area contributed by atoms with Crippen LogP contribution < -0.4 is 5.32 Å². The molecule has 1 heterocycles. The molecule has 0 saturated heterocycles. The molecule has 6 heteroatoms. The van der Waals surface area contributed by atoms with Crippen LogP contribution in [-0.2, 0) is 6.42 Å². The number of hydrogen-bond donors (Lipinski definition) is 1. The average molecular weight is 255 g/mol. The normalized spacial score (nSPS) is 12.6. The van der Waals surface area contributed by atoms with Crippen molar-refractivity contribution in [2.75, 3.05) is 7.05 Å². The number of aromatic nitrogens is 2. The fraction of sp³-hybridized carbons (Fsp3) is 0.273. The van der Waals surface area contributed by atoms with E-state index in [1.165, 1.54) is 23.7 Å². The first-order valence-electron chi connectivity index (χ1n) is 5.09. The molecule has 90 valence electrons. The minimum atomic E-state index is -0.567. The van der Waals surface area contributed by atoms with E-state index < -0.39 is 11.6 Å². The van der Waals surface area contributed by atoms with E-state index in [9.17, 15) is 8.78 Å². The van der Waals surface area contributed by atoms with Crippen LogP contribution >= 0.6 is 11.5 Å². The summed E-state index contributed by atoms with van der Waals surface area (Å²) >= 11 is 1.25. The standard InChI is InChI=1S/C11H11F2N3S/c1-14-10(11-6-17-16-15-11)4-7-2-3-8(12)5-9(7)13/h2-3,5-6,10,14H,4H2,1H3. The first-order valence-corrected chi connectivity index (χ1v) is 5.92. The van der Waals surface area contributed by atoms with Crippen molar-refractivity contribution in [1.82, 2.24) is 14.9 Å². The van der Waals surface area contributed by atoms with Crippen LogP contribution in [0.1, 0.15) is 17.3 Å². The van der Waals surface area contributed by atoms with Gasteiger partial charge < -0.3 is 5.32 Å². The quantitative estimate of drug-likeness (QED) is 0.911. The van der Waals surface area contributed by atoms with Gasteiger partial charge in [-0.25, -0.2) is 8.78 Å². The molecule has 0 bridgehead atoms. The Balaban J connectivity index is 2.19. The molecule has 0 spiro atoms. The van der Waals surface area contributed by atoms with Crippen molar-refractivity contribution in [3.63, 3.8) is 0 Å². The fourth-order valence-electron chi connectivity index (χ4n) is 1.59. The number of likely N-dealkylation sites (N-methyl/N-ethyl adjacent to an activating group) is 1. The van der Waals surface area contributed by atoms with Crippen molar-refractivity contribution < 1.29 is 8.78 Å². The fourth-order valence-corrected chi connectivity index (χ4v) is 2.09. The Morgan fingerprint density at radius 3 is 2.82 bits per heavy atom. The van der Waals surface area contributed by atoms with E-state index in [1.54, 1.807) is 7.05 Å². The molecular weight excluding hydrogens is 244 g/mol. The SMILES string of the molecule is CNC(Cc1ccc(F)cc1F)c1csnn1. The summed E-state index contributed by atoms with van der Waals surface area (Å²) < 4.78 is 30.0. The van der Waals surface area contributed by atoms with Gasteiger partial charge in [-0.05, 0) is 36.6 Å². The van der Waals surface area contributed by atoms with Crippen LogP contribution in [-0.4, -0.2) is 16.6 Å². The summed E-state index contributed by atoms with van der Waals surface area (Å²) in [6.07, 6.45) is 0.411. The Bertz CT molecular complexity index is 487. The van der Waals surface area contributed by atoms with Gasteiger partial charge in [-0.2, -0.15) is 0 Å². The summed E-state index contributed by atoms with van der Waals surface area (Å²) in [5.41, 5.74) is 1.22. The number of benzene rings is 1. The lowest BCUT2D eigenvalue weighted by molar-refractivity contribution is 0.533. The number of nitrogens with zero attached hydrogens (tertiary/aromatic N) is 2. The Morgan fingerprint density at radius 1 is 1.41 bits per heavy atom. The second-order valence-electron chi connectivity index (χ2n) is 3.61. The number of nitrogens with one attached hydrogen (secondary N) is 1. The van der Waals surface area contributed by atoms with E-state index in [4.69, 9.17) is 0 Å². The third-order valence-electron chi connectivity index (χ3n) is 2.52. The van der Waals surface area contributed by atoms with Crippen molar-refractivity contribution >= 4 is 11.5 Å². The van der Waals surface area contributed by atoms with Crippen molar-refractivity contribution in [2.45, 2.75) is 12.5 Å². The van der Waals surface area contributed by atoms with E-state index in [-0.39, 0.29) is 6.04 Å². The van der Waals surface area contributed by atoms with Crippen LogP contribution in [0.15, 0.2) is 23.6 Å². The van der Waals surface area contributed by atoms with Gasteiger partial charge in [-0.15, -0.1) is 5.10 Å². The predicted molar refractivity (Wildman–Crippen MR) is 61.8 cm³/mol. The third-order valence-corrected chi connectivity index (χ3v) is 3.04. The van der Waals surface area contributed by atoms with Gasteiger partial charge in [0.25, 0.3) is 0 Å². The van der Waals surface area contributed by atoms with E-state index in [0.29, 0.717) is 12.0 Å². The molecule has 1 aromatic heterocycles. The zero-order chi connectivity index (χ0) is 12.3. The molecule has 0 aliphatic rings. The first kappa shape index (κ1) is 12.1. The maximum Gasteiger partial charge on any atom is 0.129 e. The van der Waals surface area contributed by atoms with E-state index in [1.807, 2.05) is 5.38 Å². The summed E-state index contributed by atoms with van der Waals surface area (Å²) in [5.74, 6) is -1.10. The van der Waals surface area contributed by atoms with Crippen LogP contribution in [0.3, 0.4) is 0 Å². The van der Waals surface area contributed by atoms with Gasteiger partial charge >= 0.3 is 0 Å². The van der Waals surface area contributed by atoms with Gasteiger partial charge in [-0.1, -0.05) is 10.6 Å². The molecule has 1 atom stereocenters. The Hall–Kier alpha value is -1.40. The Kier molecular flexibility index (Phi) is 3.75. The van der Waals surface area contributed by atoms with Crippen LogP contribution in [0.4, 0.5) is 8.78 Å². The van der Waals surface area contributed by atoms with Crippen LogP contribution in [0.25, 0.3) is 0 Å². The summed E-state index contributed by atoms with van der Waals surface area (Å²) in [4.78, 5) is 0. The summed E-state index contributed by atoms with van der Waals surface area (Å²) in [6.45, 7) is 0. The Morgan fingerprint density at radius 2 is 2.24 bits per heavy atom. The van der Waals surface area contributed by atoms with Gasteiger partial charge in [0.2, 0.25) is 0 Å². The van der Waals surface area contributed by atoms with Crippen molar-refractivity contribution in [3.05, 3.63) is 46.5 Å². The van der Waals surface area contributed by atoms with Gasteiger partial charge in [0.1, 0.15) is 11.6 Å². The molecule has 1 aromatic carbocycles. The van der Waals surface area contributed by atoms with E-state index in [2.05, 4.69) is 14.9 Å². The highest BCUT2D eigenvalue weighted by Gasteiger charge is 2.15. The van der Waals surface area contributed by atoms with Crippen LogP contribution in [0, 0.1) is 11.6 Å². The number of halogens is 2.